The maximum atomic E-state index is 13.0. The molecule has 2 amide bonds. The van der Waals surface area contributed by atoms with E-state index in [0.717, 1.165) is 5.56 Å². The molecule has 0 aliphatic carbocycles. The molecule has 2 aromatic carbocycles. The Hall–Kier alpha value is -2.77. The summed E-state index contributed by atoms with van der Waals surface area (Å²) >= 11 is 5.94. The second-order valence-corrected chi connectivity index (χ2v) is 7.61. The van der Waals surface area contributed by atoms with E-state index >= 15 is 0 Å². The average molecular weight is 418 g/mol. The number of anilines is 1. The van der Waals surface area contributed by atoms with Crippen LogP contribution >= 0.6 is 11.6 Å². The number of ether oxygens (including phenoxy) is 2. The zero-order chi connectivity index (χ0) is 21.1. The highest BCUT2D eigenvalue weighted by Crippen LogP contribution is 2.39. The zero-order valence-electron chi connectivity index (χ0n) is 16.4. The lowest BCUT2D eigenvalue weighted by atomic mass is 9.91. The first kappa shape index (κ1) is 21.0. The Bertz CT molecular complexity index is 901. The van der Waals surface area contributed by atoms with Gasteiger partial charge < -0.3 is 20.5 Å². The molecule has 7 nitrogen and oxygen atoms in total. The molecule has 1 aliphatic rings. The summed E-state index contributed by atoms with van der Waals surface area (Å²) < 4.78 is 11.4. The van der Waals surface area contributed by atoms with Crippen LogP contribution in [0.15, 0.2) is 42.5 Å². The molecule has 0 radical (unpaired) electrons. The molecule has 29 heavy (non-hydrogen) atoms. The number of hydrogen-bond acceptors (Lipinski definition) is 5. The van der Waals surface area contributed by atoms with Crippen molar-refractivity contribution in [2.75, 3.05) is 12.4 Å². The van der Waals surface area contributed by atoms with Gasteiger partial charge in [-0.3, -0.25) is 14.9 Å². The Kier molecular flexibility index (Phi) is 6.30. The average Bonchev–Trinajstić information content (AvgIpc) is 2.68. The van der Waals surface area contributed by atoms with Gasteiger partial charge in [0, 0.05) is 10.6 Å². The van der Waals surface area contributed by atoms with Crippen molar-refractivity contribution >= 4 is 29.1 Å². The van der Waals surface area contributed by atoms with Gasteiger partial charge in [-0.15, -0.1) is 0 Å². The van der Waals surface area contributed by atoms with Crippen molar-refractivity contribution in [3.8, 4) is 11.5 Å². The van der Waals surface area contributed by atoms with Gasteiger partial charge >= 0.3 is 0 Å². The Balaban J connectivity index is 2.03. The maximum absolute atomic E-state index is 13.0. The molecule has 1 heterocycles. The van der Waals surface area contributed by atoms with Gasteiger partial charge in [0.15, 0.2) is 6.10 Å². The molecule has 0 spiro atoms. The molecule has 0 bridgehead atoms. The summed E-state index contributed by atoms with van der Waals surface area (Å²) in [6.07, 6.45) is -0.934. The van der Waals surface area contributed by atoms with Crippen molar-refractivity contribution in [1.29, 1.82) is 0 Å². The molecule has 1 unspecified atom stereocenters. The highest BCUT2D eigenvalue weighted by molar-refractivity contribution is 6.30. The smallest absolute Gasteiger partial charge is 0.267 e. The number of carbonyl (C=O) groups excluding carboxylic acids is 2. The molecule has 0 saturated heterocycles. The quantitative estimate of drug-likeness (QED) is 0.642. The summed E-state index contributed by atoms with van der Waals surface area (Å²) in [4.78, 5) is 25.0. The van der Waals surface area contributed by atoms with Crippen LogP contribution in [-0.4, -0.2) is 31.1 Å². The number of fused-ring (bicyclic) bond motifs is 1. The predicted octanol–water partition coefficient (Wildman–Crippen LogP) is 2.89. The third-order valence-electron chi connectivity index (χ3n) is 4.83. The van der Waals surface area contributed by atoms with Crippen molar-refractivity contribution in [3.63, 3.8) is 0 Å². The summed E-state index contributed by atoms with van der Waals surface area (Å²) in [5.74, 6) is 0.0606. The summed E-state index contributed by atoms with van der Waals surface area (Å²) in [5, 5.41) is 6.64. The molecule has 3 rings (SSSR count). The minimum Gasteiger partial charge on any atom is -0.495 e. The molecular weight excluding hydrogens is 394 g/mol. The van der Waals surface area contributed by atoms with Gasteiger partial charge in [-0.2, -0.15) is 0 Å². The van der Waals surface area contributed by atoms with Gasteiger partial charge in [-0.25, -0.2) is 0 Å². The first-order chi connectivity index (χ1) is 13.8. The van der Waals surface area contributed by atoms with Crippen LogP contribution in [0.25, 0.3) is 0 Å². The van der Waals surface area contributed by atoms with Crippen molar-refractivity contribution in [2.24, 2.45) is 11.7 Å². The number of para-hydroxylation sites is 1. The SMILES string of the molecule is COc1cccc2c1NC(=O)[C@H](Oc1ccc(Cl)cc1)[C@H]2NC(C(N)=O)C(C)C. The second kappa shape index (κ2) is 8.71. The van der Waals surface area contributed by atoms with E-state index in [4.69, 9.17) is 26.8 Å². The summed E-state index contributed by atoms with van der Waals surface area (Å²) in [7, 11) is 1.53. The number of halogens is 1. The molecule has 154 valence electrons. The number of nitrogens with one attached hydrogen (secondary N) is 2. The number of methoxy groups -OCH3 is 1. The van der Waals surface area contributed by atoms with Crippen LogP contribution in [0.4, 0.5) is 5.69 Å². The monoisotopic (exact) mass is 417 g/mol. The van der Waals surface area contributed by atoms with Gasteiger partial charge in [0.25, 0.3) is 5.91 Å². The Morgan fingerprint density at radius 3 is 2.48 bits per heavy atom. The molecule has 0 saturated carbocycles. The highest BCUT2D eigenvalue weighted by atomic mass is 35.5. The molecular formula is C21H24ClN3O4. The molecule has 3 atom stereocenters. The minimum atomic E-state index is -0.934. The Labute approximate surface area is 174 Å². The van der Waals surface area contributed by atoms with Crippen LogP contribution < -0.4 is 25.8 Å². The molecule has 2 aromatic rings. The molecule has 4 N–H and O–H groups in total. The standard InChI is InChI=1S/C21H24ClN3O4/c1-11(2)16(20(23)26)24-18-14-5-4-6-15(28-3)17(14)25-21(27)19(18)29-13-9-7-12(22)8-10-13/h4-11,16,18-19,24H,1-3H3,(H2,23,26)(H,25,27)/t16?,18-,19+/m0/s1. The van der Waals surface area contributed by atoms with Crippen LogP contribution in [0.3, 0.4) is 0 Å². The molecule has 0 fully saturated rings. The number of amides is 2. The number of rotatable bonds is 7. The fraction of sp³-hybridized carbons (Fsp3) is 0.333. The lowest BCUT2D eigenvalue weighted by molar-refractivity contribution is -0.126. The van der Waals surface area contributed by atoms with E-state index in [2.05, 4.69) is 10.6 Å². The van der Waals surface area contributed by atoms with Crippen LogP contribution in [0, 0.1) is 5.92 Å². The summed E-state index contributed by atoms with van der Waals surface area (Å²) in [6.45, 7) is 3.76. The van der Waals surface area contributed by atoms with Crippen molar-refractivity contribution in [3.05, 3.63) is 53.1 Å². The fourth-order valence-corrected chi connectivity index (χ4v) is 3.50. The van der Waals surface area contributed by atoms with Gasteiger partial charge in [-0.1, -0.05) is 37.6 Å². The number of nitrogens with two attached hydrogens (primary N) is 1. The topological polar surface area (TPSA) is 103 Å². The summed E-state index contributed by atoms with van der Waals surface area (Å²) in [6, 6.07) is 10.9. The minimum absolute atomic E-state index is 0.0808. The first-order valence-corrected chi connectivity index (χ1v) is 9.65. The van der Waals surface area contributed by atoms with Crippen LogP contribution in [0.5, 0.6) is 11.5 Å². The lowest BCUT2D eigenvalue weighted by Gasteiger charge is -2.36. The molecule has 8 heteroatoms. The normalized spacial score (nSPS) is 19.3. The maximum Gasteiger partial charge on any atom is 0.267 e. The van der Waals surface area contributed by atoms with E-state index in [-0.39, 0.29) is 11.8 Å². The number of carbonyl (C=O) groups is 2. The predicted molar refractivity (Wildman–Crippen MR) is 111 cm³/mol. The van der Waals surface area contributed by atoms with Crippen LogP contribution in [0.1, 0.15) is 25.5 Å². The molecule has 0 aromatic heterocycles. The van der Waals surface area contributed by atoms with Crippen molar-refractivity contribution in [2.45, 2.75) is 32.0 Å². The third kappa shape index (κ3) is 4.46. The van der Waals surface area contributed by atoms with Crippen LogP contribution in [0.2, 0.25) is 5.02 Å². The second-order valence-electron chi connectivity index (χ2n) is 7.17. The van der Waals surface area contributed by atoms with Gasteiger partial charge in [-0.05, 0) is 36.2 Å². The third-order valence-corrected chi connectivity index (χ3v) is 5.08. The van der Waals surface area contributed by atoms with Gasteiger partial charge in [0.1, 0.15) is 11.5 Å². The highest BCUT2D eigenvalue weighted by Gasteiger charge is 2.41. The van der Waals surface area contributed by atoms with E-state index in [0.29, 0.717) is 22.2 Å². The van der Waals surface area contributed by atoms with E-state index in [9.17, 15) is 9.59 Å². The van der Waals surface area contributed by atoms with E-state index in [1.807, 2.05) is 26.0 Å². The van der Waals surface area contributed by atoms with E-state index in [1.165, 1.54) is 7.11 Å². The molecule has 1 aliphatic heterocycles. The Morgan fingerprint density at radius 2 is 1.90 bits per heavy atom. The number of hydrogen-bond donors (Lipinski definition) is 3. The first-order valence-electron chi connectivity index (χ1n) is 9.27. The lowest BCUT2D eigenvalue weighted by Crippen LogP contribution is -2.54. The number of primary amides is 1. The Morgan fingerprint density at radius 1 is 1.21 bits per heavy atom. The fourth-order valence-electron chi connectivity index (χ4n) is 3.38. The van der Waals surface area contributed by atoms with Crippen molar-refractivity contribution in [1.82, 2.24) is 5.32 Å². The largest absolute Gasteiger partial charge is 0.495 e. The van der Waals surface area contributed by atoms with E-state index < -0.39 is 24.1 Å². The van der Waals surface area contributed by atoms with Crippen molar-refractivity contribution < 1.29 is 19.1 Å². The summed E-state index contributed by atoms with van der Waals surface area (Å²) in [5.41, 5.74) is 6.89. The zero-order valence-corrected chi connectivity index (χ0v) is 17.2. The number of benzene rings is 2. The van der Waals surface area contributed by atoms with Crippen LogP contribution in [-0.2, 0) is 9.59 Å². The van der Waals surface area contributed by atoms with Gasteiger partial charge in [0.05, 0.1) is 24.9 Å². The van der Waals surface area contributed by atoms with E-state index in [1.54, 1.807) is 30.3 Å². The van der Waals surface area contributed by atoms with Gasteiger partial charge in [0.2, 0.25) is 5.91 Å².